The van der Waals surface area contributed by atoms with Crippen LogP contribution in [0.15, 0.2) is 78.9 Å². The Morgan fingerprint density at radius 2 is 1.61 bits per heavy atom. The highest BCUT2D eigenvalue weighted by molar-refractivity contribution is 6.30. The van der Waals surface area contributed by atoms with E-state index in [0.717, 1.165) is 22.4 Å². The smallest absolute Gasteiger partial charge is 0.238 e. The fraction of sp³-hybridized carbons (Fsp3) is 0.281. The van der Waals surface area contributed by atoms with Gasteiger partial charge in [-0.15, -0.1) is 0 Å². The van der Waals surface area contributed by atoms with Crippen LogP contribution in [0, 0.1) is 11.3 Å². The van der Waals surface area contributed by atoms with Crippen LogP contribution >= 0.6 is 11.6 Å². The highest BCUT2D eigenvalue weighted by Crippen LogP contribution is 2.59. The van der Waals surface area contributed by atoms with Gasteiger partial charge in [0.2, 0.25) is 5.91 Å². The molecule has 4 atom stereocenters. The van der Waals surface area contributed by atoms with Crippen LogP contribution in [0.3, 0.4) is 0 Å². The first kappa shape index (κ1) is 24.6. The van der Waals surface area contributed by atoms with Crippen molar-refractivity contribution in [1.82, 2.24) is 0 Å². The van der Waals surface area contributed by atoms with Crippen LogP contribution < -0.4 is 10.2 Å². The van der Waals surface area contributed by atoms with Gasteiger partial charge in [0.25, 0.3) is 0 Å². The predicted molar refractivity (Wildman–Crippen MR) is 151 cm³/mol. The Kier molecular flexibility index (Phi) is 5.45. The van der Waals surface area contributed by atoms with Crippen molar-refractivity contribution in [1.29, 1.82) is 0 Å². The van der Waals surface area contributed by atoms with Gasteiger partial charge >= 0.3 is 0 Å². The monoisotopic (exact) mass is 524 g/mol. The molecule has 0 bridgehead atoms. The molecule has 1 saturated heterocycles. The zero-order valence-electron chi connectivity index (χ0n) is 21.8. The molecule has 38 heavy (non-hydrogen) atoms. The average Bonchev–Trinajstić information content (AvgIpc) is 3.36. The fourth-order valence-corrected chi connectivity index (χ4v) is 6.75. The van der Waals surface area contributed by atoms with Gasteiger partial charge in [0.15, 0.2) is 11.6 Å². The Morgan fingerprint density at radius 3 is 2.32 bits per heavy atom. The highest BCUT2D eigenvalue weighted by Gasteiger charge is 2.71. The number of Topliss-reactive ketones (excluding diaryl/α,β-unsaturated/α-hetero) is 2. The average molecular weight is 525 g/mol. The van der Waals surface area contributed by atoms with Crippen LogP contribution in [-0.2, 0) is 15.0 Å². The third-order valence-electron chi connectivity index (χ3n) is 8.30. The molecule has 1 spiro atoms. The first-order valence-corrected chi connectivity index (χ1v) is 13.3. The van der Waals surface area contributed by atoms with Gasteiger partial charge in [-0.1, -0.05) is 74.8 Å². The summed E-state index contributed by atoms with van der Waals surface area (Å²) in [5.41, 5.74) is 2.68. The second-order valence-corrected chi connectivity index (χ2v) is 11.9. The summed E-state index contributed by atoms with van der Waals surface area (Å²) in [7, 11) is 0. The third-order valence-corrected chi connectivity index (χ3v) is 8.55. The molecule has 0 unspecified atom stereocenters. The number of carbonyl (C=O) groups excluding carboxylic acids is 3. The summed E-state index contributed by atoms with van der Waals surface area (Å²) in [4.78, 5) is 45.4. The maximum atomic E-state index is 14.6. The van der Waals surface area contributed by atoms with E-state index in [1.54, 1.807) is 24.3 Å². The van der Waals surface area contributed by atoms with Gasteiger partial charge in [-0.05, 0) is 54.5 Å². The summed E-state index contributed by atoms with van der Waals surface area (Å²) in [6.45, 7) is 7.65. The van der Waals surface area contributed by atoms with Crippen molar-refractivity contribution >= 4 is 46.0 Å². The molecule has 0 radical (unpaired) electrons. The van der Waals surface area contributed by atoms with E-state index in [9.17, 15) is 14.4 Å². The summed E-state index contributed by atoms with van der Waals surface area (Å²) >= 11 is 6.15. The van der Waals surface area contributed by atoms with Crippen molar-refractivity contribution in [3.8, 4) is 0 Å². The molecule has 3 aromatic carbocycles. The van der Waals surface area contributed by atoms with E-state index in [1.807, 2.05) is 76.2 Å². The van der Waals surface area contributed by atoms with E-state index in [0.29, 0.717) is 16.3 Å². The number of fused-ring (bicyclic) bond motifs is 6. The van der Waals surface area contributed by atoms with Crippen LogP contribution in [0.4, 0.5) is 11.4 Å². The molecule has 0 aromatic heterocycles. The van der Waals surface area contributed by atoms with Crippen molar-refractivity contribution in [2.45, 2.75) is 45.2 Å². The predicted octanol–water partition coefficient (Wildman–Crippen LogP) is 6.32. The number of hydrogen-bond acceptors (Lipinski definition) is 4. The maximum Gasteiger partial charge on any atom is 0.238 e. The van der Waals surface area contributed by atoms with E-state index < -0.39 is 28.8 Å². The third kappa shape index (κ3) is 3.27. The molecule has 1 fully saturated rings. The minimum absolute atomic E-state index is 0.0772. The Labute approximate surface area is 227 Å². The van der Waals surface area contributed by atoms with Gasteiger partial charge in [-0.25, -0.2) is 0 Å². The number of carbonyl (C=O) groups is 3. The first-order valence-electron chi connectivity index (χ1n) is 12.9. The normalized spacial score (nSPS) is 25.4. The van der Waals surface area contributed by atoms with E-state index >= 15 is 0 Å². The Bertz CT molecular complexity index is 1530. The molecule has 3 aliphatic rings. The molecule has 0 saturated carbocycles. The second-order valence-electron chi connectivity index (χ2n) is 11.5. The molecule has 3 heterocycles. The molecule has 6 heteroatoms. The maximum absolute atomic E-state index is 14.6. The molecule has 0 aliphatic carbocycles. The van der Waals surface area contributed by atoms with Crippen molar-refractivity contribution in [2.75, 3.05) is 10.2 Å². The number of halogens is 1. The van der Waals surface area contributed by atoms with Gasteiger partial charge in [-0.3, -0.25) is 14.4 Å². The number of para-hydroxylation sites is 2. The summed E-state index contributed by atoms with van der Waals surface area (Å²) < 4.78 is 0. The number of allylic oxidation sites excluding steroid dienone is 1. The lowest BCUT2D eigenvalue weighted by Crippen LogP contribution is -2.51. The van der Waals surface area contributed by atoms with Crippen LogP contribution in [0.2, 0.25) is 5.02 Å². The molecule has 192 valence electrons. The molecule has 1 amide bonds. The van der Waals surface area contributed by atoms with Crippen molar-refractivity contribution in [3.63, 3.8) is 0 Å². The summed E-state index contributed by atoms with van der Waals surface area (Å²) in [6, 6.07) is 20.8. The van der Waals surface area contributed by atoms with Gasteiger partial charge in [0, 0.05) is 32.9 Å². The molecular weight excluding hydrogens is 496 g/mol. The Hall–Kier alpha value is -3.70. The number of benzene rings is 3. The van der Waals surface area contributed by atoms with Gasteiger partial charge < -0.3 is 10.2 Å². The number of nitrogens with one attached hydrogen (secondary N) is 1. The number of rotatable bonds is 3. The number of hydrogen-bond donors (Lipinski definition) is 1. The zero-order chi connectivity index (χ0) is 27.0. The van der Waals surface area contributed by atoms with Crippen LogP contribution in [0.25, 0.3) is 5.57 Å². The number of nitrogens with zero attached hydrogens (tertiary/aromatic N) is 1. The van der Waals surface area contributed by atoms with Gasteiger partial charge in [0.05, 0.1) is 12.0 Å². The van der Waals surface area contributed by atoms with Gasteiger partial charge in [-0.2, -0.15) is 0 Å². The fourth-order valence-electron chi connectivity index (χ4n) is 6.62. The van der Waals surface area contributed by atoms with Crippen molar-refractivity contribution in [2.24, 2.45) is 11.3 Å². The van der Waals surface area contributed by atoms with Crippen LogP contribution in [-0.4, -0.2) is 29.6 Å². The lowest BCUT2D eigenvalue weighted by Gasteiger charge is -2.39. The van der Waals surface area contributed by atoms with E-state index in [-0.39, 0.29) is 17.5 Å². The van der Waals surface area contributed by atoms with E-state index in [2.05, 4.69) is 16.3 Å². The van der Waals surface area contributed by atoms with Crippen LogP contribution in [0.5, 0.6) is 0 Å². The minimum Gasteiger partial charge on any atom is -0.352 e. The van der Waals surface area contributed by atoms with E-state index in [4.69, 9.17) is 11.6 Å². The van der Waals surface area contributed by atoms with E-state index in [1.165, 1.54) is 0 Å². The lowest BCUT2D eigenvalue weighted by molar-refractivity contribution is -0.128. The quantitative estimate of drug-likeness (QED) is 0.407. The molecule has 1 N–H and O–H groups in total. The number of anilines is 2. The Balaban J connectivity index is 1.70. The van der Waals surface area contributed by atoms with Crippen molar-refractivity contribution < 1.29 is 14.4 Å². The number of ketones is 2. The molecular formula is C32H29ClN2O3. The molecule has 5 nitrogen and oxygen atoms in total. The topological polar surface area (TPSA) is 66.5 Å². The molecule has 3 aromatic rings. The standard InChI is InChI=1S/C32H29ClN2O3/c1-18-17-25-32(22-10-6-7-11-23(22)34-30(32)38)26(28(36)19-13-15-20(33)16-14-19)27(29(37)31(2,3)4)35(25)24-12-8-5-9-21(18)24/h5-17,25-27H,1-4H3,(H,34,38)/t25-,26+,27-,32+/m1/s1. The summed E-state index contributed by atoms with van der Waals surface area (Å²) in [5, 5.41) is 3.58. The highest BCUT2D eigenvalue weighted by atomic mass is 35.5. The zero-order valence-corrected chi connectivity index (χ0v) is 22.5. The van der Waals surface area contributed by atoms with Crippen LogP contribution in [0.1, 0.15) is 49.2 Å². The molecule has 6 rings (SSSR count). The molecule has 3 aliphatic heterocycles. The van der Waals surface area contributed by atoms with Crippen molar-refractivity contribution in [3.05, 3.63) is 101 Å². The SMILES string of the molecule is CC1=C[C@H]2N(c3ccccc31)[C@@H](C(=O)C(C)(C)C)[C@@H](C(=O)c1ccc(Cl)cc1)[C@@]21C(=O)Nc2ccccc21. The van der Waals surface area contributed by atoms with Gasteiger partial charge in [0.1, 0.15) is 11.5 Å². The summed E-state index contributed by atoms with van der Waals surface area (Å²) in [6.07, 6.45) is 2.07. The summed E-state index contributed by atoms with van der Waals surface area (Å²) in [5.74, 6) is -1.53. The largest absolute Gasteiger partial charge is 0.352 e. The first-order chi connectivity index (χ1) is 18.1. The second kappa shape index (κ2) is 8.40. The minimum atomic E-state index is -1.30. The lowest BCUT2D eigenvalue weighted by atomic mass is 9.63. The Morgan fingerprint density at radius 1 is 0.947 bits per heavy atom. The number of amides is 1.